The van der Waals surface area contributed by atoms with E-state index < -0.39 is 0 Å². The average molecular weight is 318 g/mol. The molecule has 0 aliphatic carbocycles. The molecule has 0 saturated carbocycles. The van der Waals surface area contributed by atoms with E-state index in [1.54, 1.807) is 0 Å². The number of ether oxygens (including phenoxy) is 2. The van der Waals surface area contributed by atoms with E-state index in [2.05, 4.69) is 31.9 Å². The largest absolute Gasteiger partial charge is 0.381 e. The molecule has 2 nitrogen and oxygen atoms in total. The zero-order chi connectivity index (χ0) is 9.78. The first-order valence-corrected chi connectivity index (χ1v) is 6.93. The third-order valence-corrected chi connectivity index (χ3v) is 2.54. The minimum Gasteiger partial charge on any atom is -0.381 e. The molecule has 0 rings (SSSR count). The third kappa shape index (κ3) is 12.9. The van der Waals surface area contributed by atoms with E-state index in [0.29, 0.717) is 0 Å². The molecular formula is C9H18Br2O2. The van der Waals surface area contributed by atoms with Crippen molar-refractivity contribution in [2.24, 2.45) is 0 Å². The first kappa shape index (κ1) is 13.9. The number of hydrogen-bond donors (Lipinski definition) is 0. The number of halogens is 2. The first-order valence-electron chi connectivity index (χ1n) is 4.69. The molecule has 0 atom stereocenters. The van der Waals surface area contributed by atoms with Crippen molar-refractivity contribution >= 4 is 31.9 Å². The van der Waals surface area contributed by atoms with Crippen LogP contribution in [0.1, 0.15) is 19.3 Å². The van der Waals surface area contributed by atoms with Crippen LogP contribution in [-0.2, 0) is 9.47 Å². The van der Waals surface area contributed by atoms with Gasteiger partial charge >= 0.3 is 0 Å². The Bertz CT molecular complexity index is 81.7. The molecule has 0 aliphatic heterocycles. The Morgan fingerprint density at radius 2 is 1.00 bits per heavy atom. The molecule has 0 radical (unpaired) electrons. The lowest BCUT2D eigenvalue weighted by Gasteiger charge is -2.03. The third-order valence-electron chi connectivity index (χ3n) is 1.42. The van der Waals surface area contributed by atoms with Gasteiger partial charge in [-0.15, -0.1) is 0 Å². The van der Waals surface area contributed by atoms with E-state index in [1.165, 1.54) is 0 Å². The molecule has 0 spiro atoms. The van der Waals surface area contributed by atoms with Crippen LogP contribution >= 0.6 is 31.9 Å². The summed E-state index contributed by atoms with van der Waals surface area (Å²) in [5.41, 5.74) is 0. The molecule has 0 amide bonds. The van der Waals surface area contributed by atoms with Gasteiger partial charge in [-0.3, -0.25) is 0 Å². The summed E-state index contributed by atoms with van der Waals surface area (Å²) in [6.45, 7) is 3.35. The van der Waals surface area contributed by atoms with E-state index in [0.717, 1.165) is 56.4 Å². The first-order chi connectivity index (χ1) is 6.41. The van der Waals surface area contributed by atoms with E-state index in [4.69, 9.17) is 9.47 Å². The molecule has 0 N–H and O–H groups in total. The summed E-state index contributed by atoms with van der Waals surface area (Å²) in [6, 6.07) is 0. The number of rotatable bonds is 10. The Kier molecular flexibility index (Phi) is 13.8. The lowest BCUT2D eigenvalue weighted by molar-refractivity contribution is 0.0840. The van der Waals surface area contributed by atoms with Gasteiger partial charge in [-0.25, -0.2) is 0 Å². The van der Waals surface area contributed by atoms with Gasteiger partial charge in [0, 0.05) is 37.1 Å². The normalized spacial score (nSPS) is 10.6. The van der Waals surface area contributed by atoms with Crippen LogP contribution in [0.3, 0.4) is 0 Å². The van der Waals surface area contributed by atoms with Gasteiger partial charge < -0.3 is 9.47 Å². The summed E-state index contributed by atoms with van der Waals surface area (Å²) in [7, 11) is 0. The second-order valence-electron chi connectivity index (χ2n) is 2.66. The summed E-state index contributed by atoms with van der Waals surface area (Å²) in [4.78, 5) is 0. The predicted molar refractivity (Wildman–Crippen MR) is 63.1 cm³/mol. The summed E-state index contributed by atoms with van der Waals surface area (Å²) in [6.07, 6.45) is 3.18. The fourth-order valence-corrected chi connectivity index (χ4v) is 1.24. The zero-order valence-electron chi connectivity index (χ0n) is 7.94. The molecule has 0 unspecified atom stereocenters. The predicted octanol–water partition coefficient (Wildman–Crippen LogP) is 2.98. The van der Waals surface area contributed by atoms with Crippen molar-refractivity contribution in [1.82, 2.24) is 0 Å². The van der Waals surface area contributed by atoms with Crippen molar-refractivity contribution in [2.75, 3.05) is 37.1 Å². The Morgan fingerprint density at radius 3 is 1.38 bits per heavy atom. The van der Waals surface area contributed by atoms with Crippen LogP contribution in [0.5, 0.6) is 0 Å². The molecule has 0 fully saturated rings. The maximum atomic E-state index is 5.36. The van der Waals surface area contributed by atoms with Crippen molar-refractivity contribution in [1.29, 1.82) is 0 Å². The molecule has 4 heteroatoms. The minimum atomic E-state index is 0.821. The molecule has 80 valence electrons. The molecule has 0 aromatic carbocycles. The second kappa shape index (κ2) is 12.9. The fraction of sp³-hybridized carbons (Fsp3) is 1.00. The molecule has 0 heterocycles. The van der Waals surface area contributed by atoms with E-state index in [1.807, 2.05) is 0 Å². The lowest BCUT2D eigenvalue weighted by Crippen LogP contribution is -2.03. The van der Waals surface area contributed by atoms with E-state index in [-0.39, 0.29) is 0 Å². The highest BCUT2D eigenvalue weighted by Gasteiger charge is 1.90. The summed E-state index contributed by atoms with van der Waals surface area (Å²) < 4.78 is 10.7. The van der Waals surface area contributed by atoms with Gasteiger partial charge in [0.1, 0.15) is 0 Å². The van der Waals surface area contributed by atoms with Crippen molar-refractivity contribution in [3.05, 3.63) is 0 Å². The van der Waals surface area contributed by atoms with Gasteiger partial charge in [0.2, 0.25) is 0 Å². The van der Waals surface area contributed by atoms with Crippen LogP contribution in [0.15, 0.2) is 0 Å². The molecule has 0 bridgehead atoms. The van der Waals surface area contributed by atoms with Gasteiger partial charge in [-0.1, -0.05) is 31.9 Å². The summed E-state index contributed by atoms with van der Waals surface area (Å²) in [5, 5.41) is 2.05. The van der Waals surface area contributed by atoms with Crippen LogP contribution in [0.4, 0.5) is 0 Å². The molecule has 0 aliphatic rings. The summed E-state index contributed by atoms with van der Waals surface area (Å²) in [5.74, 6) is 0. The van der Waals surface area contributed by atoms with Crippen LogP contribution in [-0.4, -0.2) is 37.1 Å². The van der Waals surface area contributed by atoms with E-state index in [9.17, 15) is 0 Å². The molecule has 13 heavy (non-hydrogen) atoms. The Labute approximate surface area is 97.6 Å². The monoisotopic (exact) mass is 316 g/mol. The highest BCUT2D eigenvalue weighted by atomic mass is 79.9. The number of alkyl halides is 2. The molecule has 0 aromatic heterocycles. The second-order valence-corrected chi connectivity index (χ2v) is 4.25. The fourth-order valence-electron chi connectivity index (χ4n) is 0.780. The van der Waals surface area contributed by atoms with Crippen molar-refractivity contribution in [2.45, 2.75) is 19.3 Å². The highest BCUT2D eigenvalue weighted by molar-refractivity contribution is 9.09. The minimum absolute atomic E-state index is 0.821. The maximum absolute atomic E-state index is 5.36. The number of hydrogen-bond acceptors (Lipinski definition) is 2. The van der Waals surface area contributed by atoms with Crippen LogP contribution in [0.25, 0.3) is 0 Å². The van der Waals surface area contributed by atoms with Gasteiger partial charge in [0.05, 0.1) is 0 Å². The van der Waals surface area contributed by atoms with Gasteiger partial charge in [0.15, 0.2) is 0 Å². The Balaban J connectivity index is 2.76. The van der Waals surface area contributed by atoms with Gasteiger partial charge in [-0.05, 0) is 19.3 Å². The van der Waals surface area contributed by atoms with Crippen LogP contribution in [0, 0.1) is 0 Å². The summed E-state index contributed by atoms with van der Waals surface area (Å²) >= 11 is 6.70. The topological polar surface area (TPSA) is 18.5 Å². The molecular weight excluding hydrogens is 300 g/mol. The maximum Gasteiger partial charge on any atom is 0.0487 e. The SMILES string of the molecule is BrCCCOCCCOCCCBr. The smallest absolute Gasteiger partial charge is 0.0487 e. The molecule has 0 saturated heterocycles. The van der Waals surface area contributed by atoms with Crippen molar-refractivity contribution < 1.29 is 9.47 Å². The average Bonchev–Trinajstić information content (AvgIpc) is 2.16. The van der Waals surface area contributed by atoms with Crippen molar-refractivity contribution in [3.8, 4) is 0 Å². The highest BCUT2D eigenvalue weighted by Crippen LogP contribution is 1.92. The van der Waals surface area contributed by atoms with Crippen LogP contribution in [0.2, 0.25) is 0 Å². The van der Waals surface area contributed by atoms with Gasteiger partial charge in [0.25, 0.3) is 0 Å². The lowest BCUT2D eigenvalue weighted by atomic mass is 10.4. The van der Waals surface area contributed by atoms with Gasteiger partial charge in [-0.2, -0.15) is 0 Å². The van der Waals surface area contributed by atoms with E-state index >= 15 is 0 Å². The van der Waals surface area contributed by atoms with Crippen LogP contribution < -0.4 is 0 Å². The molecule has 0 aromatic rings. The quantitative estimate of drug-likeness (QED) is 0.455. The zero-order valence-corrected chi connectivity index (χ0v) is 11.1. The van der Waals surface area contributed by atoms with Crippen molar-refractivity contribution in [3.63, 3.8) is 0 Å². The standard InChI is InChI=1S/C9H18Br2O2/c10-4-1-6-12-8-3-9-13-7-2-5-11/h1-9H2. The Hall–Kier alpha value is 0.880. The Morgan fingerprint density at radius 1 is 0.615 bits per heavy atom.